The standard InChI is InChI=1S/C39H24N2O/c1-2-13-30-29(12-1)33-16-6-15-32-28(20-21-34(30)38(32)33)25-9-5-10-26(23-25)41(27-11-8-22-40-24-27)36-18-7-17-35-31-14-3-4-19-37(31)42-39(35)36/h1-24H. The molecule has 6 aromatic carbocycles. The van der Waals surface area contributed by atoms with Gasteiger partial charge in [0.1, 0.15) is 5.58 Å². The lowest BCUT2D eigenvalue weighted by atomic mass is 9.94. The second kappa shape index (κ2) is 8.92. The number of hydrogen-bond donors (Lipinski definition) is 0. The summed E-state index contributed by atoms with van der Waals surface area (Å²) in [5.74, 6) is 0. The highest BCUT2D eigenvalue weighted by molar-refractivity contribution is 6.18. The number of para-hydroxylation sites is 2. The van der Waals surface area contributed by atoms with Gasteiger partial charge in [0, 0.05) is 22.7 Å². The van der Waals surface area contributed by atoms with E-state index in [9.17, 15) is 0 Å². The minimum atomic E-state index is 0.857. The molecular weight excluding hydrogens is 512 g/mol. The Morgan fingerprint density at radius 3 is 2.07 bits per heavy atom. The Balaban J connectivity index is 1.26. The van der Waals surface area contributed by atoms with E-state index in [2.05, 4.69) is 125 Å². The van der Waals surface area contributed by atoms with Gasteiger partial charge in [-0.15, -0.1) is 0 Å². The number of aromatic nitrogens is 1. The number of benzene rings is 6. The van der Waals surface area contributed by atoms with Gasteiger partial charge in [-0.2, -0.15) is 0 Å². The Labute approximate surface area is 242 Å². The predicted octanol–water partition coefficient (Wildman–Crippen LogP) is 10.9. The molecule has 1 aliphatic carbocycles. The number of rotatable bonds is 4. The van der Waals surface area contributed by atoms with Crippen LogP contribution in [-0.2, 0) is 0 Å². The summed E-state index contributed by atoms with van der Waals surface area (Å²) in [6.07, 6.45) is 3.72. The number of fused-ring (bicyclic) bond motifs is 6. The largest absolute Gasteiger partial charge is 0.454 e. The van der Waals surface area contributed by atoms with Gasteiger partial charge in [0.2, 0.25) is 0 Å². The van der Waals surface area contributed by atoms with Crippen LogP contribution in [0.4, 0.5) is 17.1 Å². The van der Waals surface area contributed by atoms with Crippen LogP contribution in [0.2, 0.25) is 0 Å². The van der Waals surface area contributed by atoms with Crippen molar-refractivity contribution in [2.45, 2.75) is 0 Å². The van der Waals surface area contributed by atoms with Crippen molar-refractivity contribution in [3.05, 3.63) is 146 Å². The molecule has 0 bridgehead atoms. The van der Waals surface area contributed by atoms with Crippen molar-refractivity contribution in [3.63, 3.8) is 0 Å². The fourth-order valence-electron chi connectivity index (χ4n) is 6.69. The zero-order chi connectivity index (χ0) is 27.6. The predicted molar refractivity (Wildman–Crippen MR) is 174 cm³/mol. The molecule has 0 N–H and O–H groups in total. The molecule has 1 aliphatic rings. The highest BCUT2D eigenvalue weighted by atomic mass is 16.3. The Morgan fingerprint density at radius 1 is 0.500 bits per heavy atom. The average Bonchev–Trinajstić information content (AvgIpc) is 3.60. The van der Waals surface area contributed by atoms with Crippen molar-refractivity contribution < 1.29 is 4.42 Å². The number of hydrogen-bond acceptors (Lipinski definition) is 3. The van der Waals surface area contributed by atoms with E-state index in [1.807, 2.05) is 30.6 Å². The van der Waals surface area contributed by atoms with E-state index in [0.29, 0.717) is 0 Å². The van der Waals surface area contributed by atoms with E-state index in [4.69, 9.17) is 4.42 Å². The Hall–Kier alpha value is -5.67. The van der Waals surface area contributed by atoms with Crippen LogP contribution in [-0.4, -0.2) is 4.98 Å². The monoisotopic (exact) mass is 536 g/mol. The highest BCUT2D eigenvalue weighted by Gasteiger charge is 2.23. The quantitative estimate of drug-likeness (QED) is 0.224. The SMILES string of the molecule is c1cncc(N(c2cccc(-c3ccc4c5c(cccc35)-c3ccccc3-4)c2)c2cccc3c2oc2ccccc23)c1. The van der Waals surface area contributed by atoms with E-state index in [-0.39, 0.29) is 0 Å². The van der Waals surface area contributed by atoms with Crippen molar-refractivity contribution in [3.8, 4) is 33.4 Å². The Kier molecular flexibility index (Phi) is 4.90. The molecule has 0 spiro atoms. The smallest absolute Gasteiger partial charge is 0.159 e. The second-order valence-corrected chi connectivity index (χ2v) is 10.8. The fraction of sp³-hybridized carbons (Fsp3) is 0. The minimum absolute atomic E-state index is 0.857. The first-order chi connectivity index (χ1) is 20.8. The molecule has 0 aliphatic heterocycles. The second-order valence-electron chi connectivity index (χ2n) is 10.8. The molecule has 3 nitrogen and oxygen atoms in total. The van der Waals surface area contributed by atoms with Crippen molar-refractivity contribution in [2.24, 2.45) is 0 Å². The molecule has 2 heterocycles. The van der Waals surface area contributed by atoms with E-state index in [1.54, 1.807) is 0 Å². The number of anilines is 3. The zero-order valence-corrected chi connectivity index (χ0v) is 22.7. The molecule has 0 saturated heterocycles. The highest BCUT2D eigenvalue weighted by Crippen LogP contribution is 2.49. The summed E-state index contributed by atoms with van der Waals surface area (Å²) < 4.78 is 6.48. The number of nitrogens with zero attached hydrogens (tertiary/aromatic N) is 2. The molecule has 42 heavy (non-hydrogen) atoms. The van der Waals surface area contributed by atoms with Gasteiger partial charge in [0.25, 0.3) is 0 Å². The molecule has 2 aromatic heterocycles. The molecule has 0 unspecified atom stereocenters. The van der Waals surface area contributed by atoms with E-state index < -0.39 is 0 Å². The molecule has 0 atom stereocenters. The molecule has 3 heteroatoms. The molecule has 0 saturated carbocycles. The van der Waals surface area contributed by atoms with Crippen molar-refractivity contribution in [1.82, 2.24) is 4.98 Å². The topological polar surface area (TPSA) is 29.3 Å². The fourth-order valence-corrected chi connectivity index (χ4v) is 6.69. The van der Waals surface area contributed by atoms with Gasteiger partial charge in [-0.1, -0.05) is 97.1 Å². The summed E-state index contributed by atoms with van der Waals surface area (Å²) >= 11 is 0. The lowest BCUT2D eigenvalue weighted by Gasteiger charge is -2.25. The first kappa shape index (κ1) is 23.1. The number of pyridine rings is 1. The van der Waals surface area contributed by atoms with Crippen LogP contribution in [0.25, 0.3) is 66.1 Å². The van der Waals surface area contributed by atoms with Crippen LogP contribution < -0.4 is 4.90 Å². The Morgan fingerprint density at radius 2 is 1.19 bits per heavy atom. The summed E-state index contributed by atoms with van der Waals surface area (Å²) in [7, 11) is 0. The first-order valence-corrected chi connectivity index (χ1v) is 14.2. The van der Waals surface area contributed by atoms with Gasteiger partial charge >= 0.3 is 0 Å². The molecule has 8 aromatic rings. The van der Waals surface area contributed by atoms with E-state index in [0.717, 1.165) is 44.6 Å². The molecular formula is C39H24N2O. The van der Waals surface area contributed by atoms with Gasteiger partial charge in [0.05, 0.1) is 17.6 Å². The summed E-state index contributed by atoms with van der Waals surface area (Å²) in [5.41, 5.74) is 12.4. The van der Waals surface area contributed by atoms with Gasteiger partial charge in [-0.05, 0) is 80.6 Å². The first-order valence-electron chi connectivity index (χ1n) is 14.2. The zero-order valence-electron chi connectivity index (χ0n) is 22.7. The summed E-state index contributed by atoms with van der Waals surface area (Å²) in [6.45, 7) is 0. The third-order valence-corrected chi connectivity index (χ3v) is 8.49. The van der Waals surface area contributed by atoms with Crippen LogP contribution in [0.3, 0.4) is 0 Å². The Bertz CT molecular complexity index is 2290. The molecule has 196 valence electrons. The average molecular weight is 537 g/mol. The van der Waals surface area contributed by atoms with Crippen LogP contribution in [0.15, 0.2) is 150 Å². The van der Waals surface area contributed by atoms with Crippen LogP contribution in [0.5, 0.6) is 0 Å². The van der Waals surface area contributed by atoms with Crippen molar-refractivity contribution in [1.29, 1.82) is 0 Å². The molecule has 9 rings (SSSR count). The van der Waals surface area contributed by atoms with Crippen LogP contribution in [0.1, 0.15) is 0 Å². The maximum Gasteiger partial charge on any atom is 0.159 e. The summed E-state index contributed by atoms with van der Waals surface area (Å²) in [5, 5.41) is 4.81. The summed E-state index contributed by atoms with van der Waals surface area (Å²) in [4.78, 5) is 6.72. The third kappa shape index (κ3) is 3.31. The normalized spacial score (nSPS) is 11.8. The molecule has 0 radical (unpaired) electrons. The van der Waals surface area contributed by atoms with E-state index >= 15 is 0 Å². The van der Waals surface area contributed by atoms with Crippen molar-refractivity contribution >= 4 is 49.8 Å². The molecule has 0 amide bonds. The van der Waals surface area contributed by atoms with Gasteiger partial charge in [-0.3, -0.25) is 4.98 Å². The van der Waals surface area contributed by atoms with Crippen molar-refractivity contribution in [2.75, 3.05) is 4.90 Å². The summed E-state index contributed by atoms with van der Waals surface area (Å²) in [6, 6.07) is 47.4. The van der Waals surface area contributed by atoms with Gasteiger partial charge < -0.3 is 9.32 Å². The van der Waals surface area contributed by atoms with Gasteiger partial charge in [-0.25, -0.2) is 0 Å². The number of furan rings is 1. The lowest BCUT2D eigenvalue weighted by molar-refractivity contribution is 0.669. The lowest BCUT2D eigenvalue weighted by Crippen LogP contribution is -2.10. The maximum absolute atomic E-state index is 6.48. The minimum Gasteiger partial charge on any atom is -0.454 e. The van der Waals surface area contributed by atoms with Gasteiger partial charge in [0.15, 0.2) is 5.58 Å². The van der Waals surface area contributed by atoms with Crippen LogP contribution in [0, 0.1) is 0 Å². The van der Waals surface area contributed by atoms with Crippen LogP contribution >= 0.6 is 0 Å². The maximum atomic E-state index is 6.48. The van der Waals surface area contributed by atoms with E-state index in [1.165, 1.54) is 38.6 Å². The molecule has 0 fully saturated rings. The third-order valence-electron chi connectivity index (χ3n) is 8.49.